The minimum absolute atomic E-state index is 0.518. The van der Waals surface area contributed by atoms with Gasteiger partial charge in [-0.25, -0.2) is 0 Å². The van der Waals surface area contributed by atoms with Crippen LogP contribution in [0.1, 0.15) is 38.2 Å². The van der Waals surface area contributed by atoms with Crippen LogP contribution in [-0.2, 0) is 6.54 Å². The molecule has 112 valence electrons. The largest absolute Gasteiger partial charge is 0.496 e. The van der Waals surface area contributed by atoms with Crippen LogP contribution in [0.4, 0.5) is 0 Å². The number of ether oxygens (including phenoxy) is 1. The van der Waals surface area contributed by atoms with E-state index in [0.29, 0.717) is 6.54 Å². The first kappa shape index (κ1) is 15.8. The fraction of sp³-hybridized carbons (Fsp3) is 0.625. The van der Waals surface area contributed by atoms with Crippen molar-refractivity contribution in [2.24, 2.45) is 5.92 Å². The molecule has 20 heavy (non-hydrogen) atoms. The van der Waals surface area contributed by atoms with Gasteiger partial charge in [0.2, 0.25) is 0 Å². The lowest BCUT2D eigenvalue weighted by Gasteiger charge is -2.35. The molecule has 3 nitrogen and oxygen atoms in total. The Morgan fingerprint density at radius 1 is 1.40 bits per heavy atom. The molecule has 0 radical (unpaired) electrons. The number of halogens is 1. The zero-order chi connectivity index (χ0) is 14.6. The number of aliphatic hydroxyl groups is 1. The highest BCUT2D eigenvalue weighted by atomic mass is 79.9. The zero-order valence-corrected chi connectivity index (χ0v) is 13.9. The van der Waals surface area contributed by atoms with Crippen molar-refractivity contribution in [2.45, 2.75) is 44.8 Å². The molecule has 1 aliphatic rings. The van der Waals surface area contributed by atoms with Gasteiger partial charge in [-0.1, -0.05) is 13.0 Å². The van der Waals surface area contributed by atoms with Crippen LogP contribution in [0, 0.1) is 5.92 Å². The van der Waals surface area contributed by atoms with Gasteiger partial charge in [-0.2, -0.15) is 0 Å². The summed E-state index contributed by atoms with van der Waals surface area (Å²) in [7, 11) is 1.66. The van der Waals surface area contributed by atoms with Crippen LogP contribution in [0.5, 0.6) is 5.75 Å². The van der Waals surface area contributed by atoms with E-state index >= 15 is 0 Å². The maximum atomic E-state index is 10.5. The Labute approximate surface area is 129 Å². The smallest absolute Gasteiger partial charge is 0.133 e. The summed E-state index contributed by atoms with van der Waals surface area (Å²) in [5.41, 5.74) is 0.668. The molecule has 1 fully saturated rings. The average molecular weight is 342 g/mol. The molecule has 1 aromatic carbocycles. The van der Waals surface area contributed by atoms with Crippen LogP contribution in [-0.4, -0.2) is 24.4 Å². The maximum absolute atomic E-state index is 10.5. The van der Waals surface area contributed by atoms with Crippen molar-refractivity contribution in [3.8, 4) is 5.75 Å². The lowest BCUT2D eigenvalue weighted by Crippen LogP contribution is -2.43. The molecule has 0 spiro atoms. The van der Waals surface area contributed by atoms with E-state index in [9.17, 15) is 5.11 Å². The second kappa shape index (κ2) is 6.92. The molecule has 0 bridgehead atoms. The van der Waals surface area contributed by atoms with Gasteiger partial charge in [0.15, 0.2) is 0 Å². The van der Waals surface area contributed by atoms with E-state index in [1.54, 1.807) is 7.11 Å². The van der Waals surface area contributed by atoms with Crippen molar-refractivity contribution >= 4 is 15.9 Å². The Balaban J connectivity index is 1.82. The van der Waals surface area contributed by atoms with Gasteiger partial charge in [-0.15, -0.1) is 0 Å². The first-order chi connectivity index (χ1) is 9.52. The Hall–Kier alpha value is -0.580. The van der Waals surface area contributed by atoms with Gasteiger partial charge in [0.05, 0.1) is 17.2 Å². The van der Waals surface area contributed by atoms with E-state index < -0.39 is 5.60 Å². The predicted octanol–water partition coefficient (Wildman–Crippen LogP) is 3.49. The van der Waals surface area contributed by atoms with Gasteiger partial charge < -0.3 is 15.2 Å². The number of hydrogen-bond donors (Lipinski definition) is 2. The molecule has 0 amide bonds. The fourth-order valence-corrected chi connectivity index (χ4v) is 3.32. The molecular weight excluding hydrogens is 318 g/mol. The number of hydrogen-bond acceptors (Lipinski definition) is 3. The van der Waals surface area contributed by atoms with E-state index in [2.05, 4.69) is 34.2 Å². The quantitative estimate of drug-likeness (QED) is 0.861. The topological polar surface area (TPSA) is 41.5 Å². The highest BCUT2D eigenvalue weighted by Crippen LogP contribution is 2.31. The summed E-state index contributed by atoms with van der Waals surface area (Å²) in [5.74, 6) is 1.60. The normalized spacial score (nSPS) is 26.5. The van der Waals surface area contributed by atoms with Crippen molar-refractivity contribution < 1.29 is 9.84 Å². The van der Waals surface area contributed by atoms with Gasteiger partial charge in [-0.3, -0.25) is 0 Å². The molecular formula is C16H24BrNO2. The highest BCUT2D eigenvalue weighted by molar-refractivity contribution is 9.10. The van der Waals surface area contributed by atoms with E-state index in [4.69, 9.17) is 4.74 Å². The van der Waals surface area contributed by atoms with Crippen molar-refractivity contribution in [3.63, 3.8) is 0 Å². The highest BCUT2D eigenvalue weighted by Gasteiger charge is 2.31. The summed E-state index contributed by atoms with van der Waals surface area (Å²) in [6.07, 6.45) is 4.08. The van der Waals surface area contributed by atoms with Gasteiger partial charge in [0.1, 0.15) is 5.75 Å². The van der Waals surface area contributed by atoms with Crippen molar-refractivity contribution in [2.75, 3.05) is 13.7 Å². The van der Waals surface area contributed by atoms with Crippen LogP contribution in [0.15, 0.2) is 22.7 Å². The molecule has 0 saturated heterocycles. The molecule has 4 heteroatoms. The van der Waals surface area contributed by atoms with E-state index in [0.717, 1.165) is 48.4 Å². The number of rotatable bonds is 5. The van der Waals surface area contributed by atoms with Crippen LogP contribution in [0.25, 0.3) is 0 Å². The Morgan fingerprint density at radius 2 is 2.10 bits per heavy atom. The van der Waals surface area contributed by atoms with Gasteiger partial charge in [0, 0.05) is 13.1 Å². The summed E-state index contributed by atoms with van der Waals surface area (Å²) in [5, 5.41) is 13.9. The summed E-state index contributed by atoms with van der Waals surface area (Å²) in [6, 6.07) is 6.06. The molecule has 2 rings (SSSR count). The van der Waals surface area contributed by atoms with Crippen LogP contribution >= 0.6 is 15.9 Å². The summed E-state index contributed by atoms with van der Waals surface area (Å²) in [6.45, 7) is 3.70. The van der Waals surface area contributed by atoms with E-state index in [1.165, 1.54) is 5.56 Å². The molecule has 0 heterocycles. The Morgan fingerprint density at radius 3 is 2.70 bits per heavy atom. The second-order valence-electron chi connectivity index (χ2n) is 5.98. The Kier molecular flexibility index (Phi) is 5.47. The first-order valence-corrected chi connectivity index (χ1v) is 8.07. The lowest BCUT2D eigenvalue weighted by molar-refractivity contribution is -0.00630. The Bertz CT molecular complexity index is 442. The standard InChI is InChI=1S/C16H24BrNO2/c1-12-5-7-16(19,8-6-12)11-18-10-13-3-4-15(20-2)14(17)9-13/h3-4,9,12,18-19H,5-8,10-11H2,1-2H3. The molecule has 1 aromatic rings. The summed E-state index contributed by atoms with van der Waals surface area (Å²) >= 11 is 3.49. The van der Waals surface area contributed by atoms with E-state index in [-0.39, 0.29) is 0 Å². The monoisotopic (exact) mass is 341 g/mol. The number of benzene rings is 1. The van der Waals surface area contributed by atoms with Gasteiger partial charge in [-0.05, 0) is 65.2 Å². The minimum Gasteiger partial charge on any atom is -0.496 e. The van der Waals surface area contributed by atoms with Crippen molar-refractivity contribution in [1.29, 1.82) is 0 Å². The number of nitrogens with one attached hydrogen (secondary N) is 1. The molecule has 1 aliphatic carbocycles. The lowest BCUT2D eigenvalue weighted by atomic mass is 9.79. The molecule has 0 atom stereocenters. The molecule has 0 aromatic heterocycles. The van der Waals surface area contributed by atoms with E-state index in [1.807, 2.05) is 12.1 Å². The third kappa shape index (κ3) is 4.21. The molecule has 2 N–H and O–H groups in total. The third-order valence-electron chi connectivity index (χ3n) is 4.20. The zero-order valence-electron chi connectivity index (χ0n) is 12.3. The van der Waals surface area contributed by atoms with Crippen LogP contribution < -0.4 is 10.1 Å². The first-order valence-electron chi connectivity index (χ1n) is 7.28. The van der Waals surface area contributed by atoms with Gasteiger partial charge in [0.25, 0.3) is 0 Å². The second-order valence-corrected chi connectivity index (χ2v) is 6.83. The fourth-order valence-electron chi connectivity index (χ4n) is 2.74. The SMILES string of the molecule is COc1ccc(CNCC2(O)CCC(C)CC2)cc1Br. The molecule has 1 saturated carbocycles. The molecule has 0 aliphatic heterocycles. The minimum atomic E-state index is -0.518. The maximum Gasteiger partial charge on any atom is 0.133 e. The summed E-state index contributed by atoms with van der Waals surface area (Å²) in [4.78, 5) is 0. The summed E-state index contributed by atoms with van der Waals surface area (Å²) < 4.78 is 6.18. The van der Waals surface area contributed by atoms with Crippen molar-refractivity contribution in [3.05, 3.63) is 28.2 Å². The third-order valence-corrected chi connectivity index (χ3v) is 4.82. The van der Waals surface area contributed by atoms with Crippen LogP contribution in [0.3, 0.4) is 0 Å². The number of methoxy groups -OCH3 is 1. The average Bonchev–Trinajstić information content (AvgIpc) is 2.43. The van der Waals surface area contributed by atoms with Gasteiger partial charge >= 0.3 is 0 Å². The van der Waals surface area contributed by atoms with Crippen molar-refractivity contribution in [1.82, 2.24) is 5.32 Å². The predicted molar refractivity (Wildman–Crippen MR) is 85.0 cm³/mol. The molecule has 0 unspecified atom stereocenters. The van der Waals surface area contributed by atoms with Crippen LogP contribution in [0.2, 0.25) is 0 Å².